The molecule has 1 atom stereocenters. The number of furan rings is 1. The third-order valence-electron chi connectivity index (χ3n) is 5.97. The highest BCUT2D eigenvalue weighted by atomic mass is 32.2. The molecule has 3 heterocycles. The quantitative estimate of drug-likeness (QED) is 0.512. The van der Waals surface area contributed by atoms with Crippen LogP contribution in [-0.2, 0) is 14.8 Å². The minimum atomic E-state index is -3.91. The summed E-state index contributed by atoms with van der Waals surface area (Å²) in [7, 11) is -3.91. The van der Waals surface area contributed by atoms with E-state index in [0.717, 1.165) is 0 Å². The molecular formula is C25H29N3O5S. The lowest BCUT2D eigenvalue weighted by atomic mass is 9.98. The van der Waals surface area contributed by atoms with Crippen molar-refractivity contribution >= 4 is 33.8 Å². The normalized spacial score (nSPS) is 17.5. The van der Waals surface area contributed by atoms with Crippen molar-refractivity contribution in [1.82, 2.24) is 9.46 Å². The Kier molecular flexibility index (Phi) is 7.04. The largest absolute Gasteiger partial charge is 0.465 e. The van der Waals surface area contributed by atoms with Crippen LogP contribution >= 0.6 is 0 Å². The third kappa shape index (κ3) is 5.15. The molecular weight excluding hydrogens is 454 g/mol. The van der Waals surface area contributed by atoms with E-state index in [-0.39, 0.29) is 28.8 Å². The number of amides is 1. The molecule has 1 aromatic carbocycles. The average molecular weight is 484 g/mol. The summed E-state index contributed by atoms with van der Waals surface area (Å²) in [6.07, 6.45) is 5.89. The number of hydrogen-bond donors (Lipinski definition) is 1. The molecule has 4 rings (SSSR count). The van der Waals surface area contributed by atoms with Crippen molar-refractivity contribution < 1.29 is 22.2 Å². The SMILES string of the molecule is Cc1noc(C=Cc2ccco2)c1S(=O)(=O)N1CCCC(C(=O)Nc2ccc(C(C)C)cc2)C1. The smallest absolute Gasteiger partial charge is 0.248 e. The van der Waals surface area contributed by atoms with Gasteiger partial charge in [-0.3, -0.25) is 4.79 Å². The van der Waals surface area contributed by atoms with Gasteiger partial charge in [0.25, 0.3) is 0 Å². The minimum Gasteiger partial charge on any atom is -0.465 e. The second-order valence-corrected chi connectivity index (χ2v) is 10.7. The van der Waals surface area contributed by atoms with Gasteiger partial charge >= 0.3 is 0 Å². The second kappa shape index (κ2) is 9.99. The Hall–Kier alpha value is -3.17. The molecule has 0 aliphatic carbocycles. The summed E-state index contributed by atoms with van der Waals surface area (Å²) in [6, 6.07) is 11.2. The molecule has 2 aromatic heterocycles. The highest BCUT2D eigenvalue weighted by Crippen LogP contribution is 2.30. The zero-order chi connectivity index (χ0) is 24.3. The van der Waals surface area contributed by atoms with Gasteiger partial charge in [-0.05, 0) is 67.7 Å². The van der Waals surface area contributed by atoms with Crippen molar-refractivity contribution in [3.8, 4) is 0 Å². The van der Waals surface area contributed by atoms with Gasteiger partial charge in [0, 0.05) is 18.8 Å². The number of benzene rings is 1. The van der Waals surface area contributed by atoms with Crippen LogP contribution in [0.5, 0.6) is 0 Å². The molecule has 0 bridgehead atoms. The summed E-state index contributed by atoms with van der Waals surface area (Å²) in [5.41, 5.74) is 2.17. The average Bonchev–Trinajstić information content (AvgIpc) is 3.47. The molecule has 1 aliphatic heterocycles. The summed E-state index contributed by atoms with van der Waals surface area (Å²) in [5.74, 6) is 0.466. The maximum absolute atomic E-state index is 13.5. The zero-order valence-electron chi connectivity index (χ0n) is 19.5. The third-order valence-corrected chi connectivity index (χ3v) is 8.00. The second-order valence-electron chi connectivity index (χ2n) is 8.78. The number of sulfonamides is 1. The molecule has 1 amide bonds. The van der Waals surface area contributed by atoms with Gasteiger partial charge < -0.3 is 14.3 Å². The fourth-order valence-corrected chi connectivity index (χ4v) is 5.82. The Morgan fingerprint density at radius 1 is 1.21 bits per heavy atom. The Bertz CT molecular complexity index is 1260. The topological polar surface area (TPSA) is 106 Å². The molecule has 180 valence electrons. The van der Waals surface area contributed by atoms with E-state index in [2.05, 4.69) is 24.3 Å². The summed E-state index contributed by atoms with van der Waals surface area (Å²) < 4.78 is 38.9. The highest BCUT2D eigenvalue weighted by molar-refractivity contribution is 7.89. The Labute approximate surface area is 199 Å². The van der Waals surface area contributed by atoms with Crippen molar-refractivity contribution in [2.75, 3.05) is 18.4 Å². The molecule has 0 spiro atoms. The lowest BCUT2D eigenvalue weighted by Gasteiger charge is -2.31. The van der Waals surface area contributed by atoms with Crippen LogP contribution in [-0.4, -0.2) is 36.9 Å². The van der Waals surface area contributed by atoms with E-state index in [9.17, 15) is 13.2 Å². The van der Waals surface area contributed by atoms with Crippen molar-refractivity contribution in [1.29, 1.82) is 0 Å². The van der Waals surface area contributed by atoms with Gasteiger partial charge in [0.15, 0.2) is 10.7 Å². The molecule has 34 heavy (non-hydrogen) atoms. The van der Waals surface area contributed by atoms with Gasteiger partial charge in [0.05, 0.1) is 12.2 Å². The molecule has 1 unspecified atom stereocenters. The molecule has 1 N–H and O–H groups in total. The van der Waals surface area contributed by atoms with E-state index in [0.29, 0.717) is 36.8 Å². The minimum absolute atomic E-state index is 0.0145. The van der Waals surface area contributed by atoms with E-state index in [1.807, 2.05) is 24.3 Å². The first-order valence-electron chi connectivity index (χ1n) is 11.3. The van der Waals surface area contributed by atoms with Gasteiger partial charge in [-0.25, -0.2) is 8.42 Å². The first-order chi connectivity index (χ1) is 16.3. The predicted octanol–water partition coefficient (Wildman–Crippen LogP) is 4.91. The molecule has 8 nitrogen and oxygen atoms in total. The Morgan fingerprint density at radius 2 is 1.97 bits per heavy atom. The molecule has 1 fully saturated rings. The van der Waals surface area contributed by atoms with E-state index in [1.165, 1.54) is 22.2 Å². The number of carbonyl (C=O) groups excluding carboxylic acids is 1. The zero-order valence-corrected chi connectivity index (χ0v) is 20.3. The van der Waals surface area contributed by atoms with Crippen LogP contribution < -0.4 is 5.32 Å². The van der Waals surface area contributed by atoms with Crippen molar-refractivity contribution in [3.05, 3.63) is 65.4 Å². The van der Waals surface area contributed by atoms with Gasteiger partial charge in [-0.2, -0.15) is 4.31 Å². The summed E-state index contributed by atoms with van der Waals surface area (Å²) in [6.45, 7) is 6.25. The fourth-order valence-electron chi connectivity index (χ4n) is 4.04. The van der Waals surface area contributed by atoms with Gasteiger partial charge in [0.2, 0.25) is 15.9 Å². The lowest BCUT2D eigenvalue weighted by Crippen LogP contribution is -2.43. The van der Waals surface area contributed by atoms with Crippen LogP contribution in [0.15, 0.2) is 56.5 Å². The summed E-state index contributed by atoms with van der Waals surface area (Å²) in [5, 5.41) is 6.80. The van der Waals surface area contributed by atoms with Crippen LogP contribution in [0, 0.1) is 12.8 Å². The number of carbonyl (C=O) groups is 1. The first kappa shape index (κ1) is 24.0. The number of rotatable bonds is 7. The number of nitrogens with zero attached hydrogens (tertiary/aromatic N) is 2. The molecule has 0 saturated carbocycles. The molecule has 9 heteroatoms. The number of aryl methyl sites for hydroxylation is 1. The lowest BCUT2D eigenvalue weighted by molar-refractivity contribution is -0.120. The van der Waals surface area contributed by atoms with Crippen LogP contribution in [0.2, 0.25) is 0 Å². The first-order valence-corrected chi connectivity index (χ1v) is 12.8. The van der Waals surface area contributed by atoms with E-state index < -0.39 is 15.9 Å². The van der Waals surface area contributed by atoms with Crippen molar-refractivity contribution in [2.45, 2.75) is 44.4 Å². The van der Waals surface area contributed by atoms with Crippen LogP contribution in [0.3, 0.4) is 0 Å². The van der Waals surface area contributed by atoms with Crippen molar-refractivity contribution in [3.63, 3.8) is 0 Å². The number of piperidine rings is 1. The monoisotopic (exact) mass is 483 g/mol. The maximum Gasteiger partial charge on any atom is 0.248 e. The molecule has 1 saturated heterocycles. The van der Waals surface area contributed by atoms with Gasteiger partial charge in [-0.15, -0.1) is 0 Å². The maximum atomic E-state index is 13.5. The number of aromatic nitrogens is 1. The number of hydrogen-bond acceptors (Lipinski definition) is 6. The van der Waals surface area contributed by atoms with Crippen molar-refractivity contribution in [2.24, 2.45) is 5.92 Å². The molecule has 0 radical (unpaired) electrons. The summed E-state index contributed by atoms with van der Waals surface area (Å²) >= 11 is 0. The van der Waals surface area contributed by atoms with Crippen LogP contribution in [0.25, 0.3) is 12.2 Å². The number of anilines is 1. The van der Waals surface area contributed by atoms with E-state index in [4.69, 9.17) is 8.94 Å². The molecule has 1 aliphatic rings. The predicted molar refractivity (Wildman–Crippen MR) is 130 cm³/mol. The Morgan fingerprint density at radius 3 is 2.65 bits per heavy atom. The van der Waals surface area contributed by atoms with E-state index in [1.54, 1.807) is 25.1 Å². The highest BCUT2D eigenvalue weighted by Gasteiger charge is 2.37. The van der Waals surface area contributed by atoms with Crippen LogP contribution in [0.1, 0.15) is 55.4 Å². The Balaban J connectivity index is 1.49. The standard InChI is InChI=1S/C25H29N3O5S/c1-17(2)19-8-10-21(11-9-19)26-25(29)20-6-4-14-28(16-20)34(30,31)24-18(3)27-33-23(24)13-12-22-7-5-15-32-22/h5,7-13,15,17,20H,4,6,14,16H2,1-3H3,(H,26,29). The van der Waals surface area contributed by atoms with Gasteiger partial charge in [-0.1, -0.05) is 31.1 Å². The molecule has 3 aromatic rings. The summed E-state index contributed by atoms with van der Waals surface area (Å²) in [4.78, 5) is 12.9. The van der Waals surface area contributed by atoms with Gasteiger partial charge in [0.1, 0.15) is 11.5 Å². The van der Waals surface area contributed by atoms with Crippen LogP contribution in [0.4, 0.5) is 5.69 Å². The van der Waals surface area contributed by atoms with E-state index >= 15 is 0 Å². The fraction of sp³-hybridized carbons (Fsp3) is 0.360. The number of nitrogens with one attached hydrogen (secondary N) is 1.